The van der Waals surface area contributed by atoms with Gasteiger partial charge in [0.15, 0.2) is 0 Å². The molecule has 1 heterocycles. The van der Waals surface area contributed by atoms with Crippen LogP contribution in [0.5, 0.6) is 0 Å². The molecule has 86 valence electrons. The van der Waals surface area contributed by atoms with Crippen LogP contribution in [0.4, 0.5) is 0 Å². The summed E-state index contributed by atoms with van der Waals surface area (Å²) in [6, 6.07) is 10.2. The smallest absolute Gasteiger partial charge is 0.130 e. The highest BCUT2D eigenvalue weighted by Crippen LogP contribution is 2.22. The molecule has 0 saturated carbocycles. The Kier molecular flexibility index (Phi) is 4.71. The first-order valence-corrected chi connectivity index (χ1v) is 5.73. The maximum atomic E-state index is 5.99. The average Bonchev–Trinajstić information content (AvgIpc) is 2.25. The monoisotopic (exact) mass is 236 g/mol. The van der Waals surface area contributed by atoms with Crippen molar-refractivity contribution < 1.29 is 0 Å². The average molecular weight is 237 g/mol. The topological polar surface area (TPSA) is 47.9 Å². The minimum absolute atomic E-state index is 0. The third kappa shape index (κ3) is 2.71. The van der Waals surface area contributed by atoms with E-state index in [2.05, 4.69) is 18.0 Å². The molecule has 0 aliphatic carbocycles. The number of para-hydroxylation sites is 1. The molecular weight excluding hydrogens is 220 g/mol. The third-order valence-corrected chi connectivity index (χ3v) is 2.76. The van der Waals surface area contributed by atoms with E-state index in [-0.39, 0.29) is 6.15 Å². The molecular formula is C13H17ClN2. The fourth-order valence-electron chi connectivity index (χ4n) is 1.79. The van der Waals surface area contributed by atoms with Gasteiger partial charge in [0.25, 0.3) is 0 Å². The molecule has 3 heteroatoms. The molecule has 0 atom stereocenters. The Bertz CT molecular complexity index is 468. The lowest BCUT2D eigenvalue weighted by atomic mass is 10.0. The summed E-state index contributed by atoms with van der Waals surface area (Å²) in [5.41, 5.74) is 2.31. The number of aromatic nitrogens is 1. The van der Waals surface area contributed by atoms with Gasteiger partial charge < -0.3 is 6.15 Å². The van der Waals surface area contributed by atoms with Gasteiger partial charge in [-0.25, -0.2) is 4.98 Å². The number of hydrogen-bond donors (Lipinski definition) is 1. The van der Waals surface area contributed by atoms with E-state index in [0.29, 0.717) is 5.15 Å². The number of aryl methyl sites for hydroxylation is 1. The summed E-state index contributed by atoms with van der Waals surface area (Å²) in [5.74, 6) is 0. The van der Waals surface area contributed by atoms with Gasteiger partial charge in [-0.3, -0.25) is 0 Å². The van der Waals surface area contributed by atoms with Gasteiger partial charge in [0.05, 0.1) is 5.52 Å². The van der Waals surface area contributed by atoms with Crippen molar-refractivity contribution in [3.05, 3.63) is 41.0 Å². The van der Waals surface area contributed by atoms with Crippen molar-refractivity contribution in [2.45, 2.75) is 26.2 Å². The molecule has 0 amide bonds. The molecule has 0 spiro atoms. The standard InChI is InChI=1S/C13H14ClN.H3N/c1-2-3-6-10-9-13(14)15-12-8-5-4-7-11(10)12;/h4-5,7-9H,2-3,6H2,1H3;1H3. The maximum absolute atomic E-state index is 5.99. The molecule has 2 nitrogen and oxygen atoms in total. The molecule has 0 unspecified atom stereocenters. The van der Waals surface area contributed by atoms with Crippen LogP contribution >= 0.6 is 11.6 Å². The van der Waals surface area contributed by atoms with Crippen LogP contribution in [0, 0.1) is 0 Å². The Morgan fingerprint density at radius 2 is 2.00 bits per heavy atom. The fraction of sp³-hybridized carbons (Fsp3) is 0.308. The second kappa shape index (κ2) is 5.83. The number of nitrogens with zero attached hydrogens (tertiary/aromatic N) is 1. The lowest BCUT2D eigenvalue weighted by molar-refractivity contribution is 0.798. The van der Waals surface area contributed by atoms with Gasteiger partial charge in [-0.2, -0.15) is 0 Å². The van der Waals surface area contributed by atoms with Gasteiger partial charge in [-0.1, -0.05) is 43.1 Å². The molecule has 3 N–H and O–H groups in total. The Labute approximate surface area is 101 Å². The SMILES string of the molecule is CCCCc1cc(Cl)nc2ccccc12.N. The van der Waals surface area contributed by atoms with Crippen LogP contribution < -0.4 is 6.15 Å². The summed E-state index contributed by atoms with van der Waals surface area (Å²) in [5, 5.41) is 1.83. The number of unbranched alkanes of at least 4 members (excludes halogenated alkanes) is 1. The van der Waals surface area contributed by atoms with Gasteiger partial charge in [-0.05, 0) is 30.5 Å². The fourth-order valence-corrected chi connectivity index (χ4v) is 2.01. The number of fused-ring (bicyclic) bond motifs is 1. The molecule has 1 aromatic carbocycles. The summed E-state index contributed by atoms with van der Waals surface area (Å²) < 4.78 is 0. The first kappa shape index (κ1) is 12.9. The van der Waals surface area contributed by atoms with E-state index in [4.69, 9.17) is 11.6 Å². The number of rotatable bonds is 3. The predicted molar refractivity (Wildman–Crippen MR) is 70.4 cm³/mol. The molecule has 0 saturated heterocycles. The van der Waals surface area contributed by atoms with Crippen LogP contribution in [-0.4, -0.2) is 4.98 Å². The van der Waals surface area contributed by atoms with Crippen molar-refractivity contribution in [3.8, 4) is 0 Å². The zero-order valence-corrected chi connectivity index (χ0v) is 10.3. The minimum atomic E-state index is 0. The van der Waals surface area contributed by atoms with E-state index >= 15 is 0 Å². The minimum Gasteiger partial charge on any atom is -0.344 e. The van der Waals surface area contributed by atoms with E-state index in [1.807, 2.05) is 24.3 Å². The van der Waals surface area contributed by atoms with Crippen molar-refractivity contribution in [1.29, 1.82) is 0 Å². The maximum Gasteiger partial charge on any atom is 0.130 e. The van der Waals surface area contributed by atoms with E-state index in [9.17, 15) is 0 Å². The van der Waals surface area contributed by atoms with Gasteiger partial charge in [0.2, 0.25) is 0 Å². The Hall–Kier alpha value is -1.12. The number of pyridine rings is 1. The van der Waals surface area contributed by atoms with Crippen molar-refractivity contribution in [1.82, 2.24) is 11.1 Å². The molecule has 16 heavy (non-hydrogen) atoms. The highest BCUT2D eigenvalue weighted by atomic mass is 35.5. The summed E-state index contributed by atoms with van der Waals surface area (Å²) in [4.78, 5) is 4.31. The van der Waals surface area contributed by atoms with Crippen LogP contribution in [0.1, 0.15) is 25.3 Å². The summed E-state index contributed by atoms with van der Waals surface area (Å²) in [6.07, 6.45) is 3.48. The molecule has 0 radical (unpaired) electrons. The highest BCUT2D eigenvalue weighted by molar-refractivity contribution is 6.29. The van der Waals surface area contributed by atoms with E-state index in [0.717, 1.165) is 11.9 Å². The van der Waals surface area contributed by atoms with E-state index in [1.165, 1.54) is 23.8 Å². The van der Waals surface area contributed by atoms with Crippen LogP contribution in [0.2, 0.25) is 5.15 Å². The second-order valence-corrected chi connectivity index (χ2v) is 4.11. The van der Waals surface area contributed by atoms with E-state index in [1.54, 1.807) is 0 Å². The number of hydrogen-bond acceptors (Lipinski definition) is 2. The largest absolute Gasteiger partial charge is 0.344 e. The highest BCUT2D eigenvalue weighted by Gasteiger charge is 2.03. The van der Waals surface area contributed by atoms with Crippen molar-refractivity contribution in [2.75, 3.05) is 0 Å². The van der Waals surface area contributed by atoms with Crippen LogP contribution in [0.25, 0.3) is 10.9 Å². The molecule has 2 rings (SSSR count). The van der Waals surface area contributed by atoms with Crippen molar-refractivity contribution in [3.63, 3.8) is 0 Å². The lowest BCUT2D eigenvalue weighted by Gasteiger charge is -2.05. The Balaban J connectivity index is 0.00000128. The predicted octanol–water partition coefficient (Wildman–Crippen LogP) is 4.39. The van der Waals surface area contributed by atoms with Crippen molar-refractivity contribution in [2.24, 2.45) is 0 Å². The van der Waals surface area contributed by atoms with Gasteiger partial charge in [-0.15, -0.1) is 0 Å². The van der Waals surface area contributed by atoms with E-state index < -0.39 is 0 Å². The zero-order valence-electron chi connectivity index (χ0n) is 9.54. The quantitative estimate of drug-likeness (QED) is 0.804. The lowest BCUT2D eigenvalue weighted by Crippen LogP contribution is -1.90. The van der Waals surface area contributed by atoms with Crippen LogP contribution in [0.15, 0.2) is 30.3 Å². The Morgan fingerprint density at radius 1 is 1.25 bits per heavy atom. The molecule has 0 aliphatic heterocycles. The molecule has 0 aliphatic rings. The first-order chi connectivity index (χ1) is 7.31. The van der Waals surface area contributed by atoms with Gasteiger partial charge in [0.1, 0.15) is 5.15 Å². The van der Waals surface area contributed by atoms with Crippen LogP contribution in [-0.2, 0) is 6.42 Å². The molecule has 0 fully saturated rings. The second-order valence-electron chi connectivity index (χ2n) is 3.72. The van der Waals surface area contributed by atoms with Crippen molar-refractivity contribution >= 4 is 22.5 Å². The van der Waals surface area contributed by atoms with Gasteiger partial charge >= 0.3 is 0 Å². The van der Waals surface area contributed by atoms with Crippen LogP contribution in [0.3, 0.4) is 0 Å². The molecule has 2 aromatic rings. The molecule has 0 bridgehead atoms. The summed E-state index contributed by atoms with van der Waals surface area (Å²) in [6.45, 7) is 2.20. The molecule has 1 aromatic heterocycles. The zero-order chi connectivity index (χ0) is 10.7. The normalized spacial score (nSPS) is 10.1. The third-order valence-electron chi connectivity index (χ3n) is 2.57. The number of benzene rings is 1. The summed E-state index contributed by atoms with van der Waals surface area (Å²) >= 11 is 5.99. The number of halogens is 1. The summed E-state index contributed by atoms with van der Waals surface area (Å²) in [7, 11) is 0. The van der Waals surface area contributed by atoms with Gasteiger partial charge in [0, 0.05) is 5.39 Å². The Morgan fingerprint density at radius 3 is 2.75 bits per heavy atom. The first-order valence-electron chi connectivity index (χ1n) is 5.35.